The number of allylic oxidation sites excluding steroid dienone is 2. The predicted octanol–water partition coefficient (Wildman–Crippen LogP) is 5.47. The molecule has 2 aromatic carbocycles. The van der Waals surface area contributed by atoms with E-state index in [1.165, 1.54) is 12.0 Å². The van der Waals surface area contributed by atoms with Gasteiger partial charge in [0.2, 0.25) is 0 Å². The number of aryl methyl sites for hydroxylation is 2. The lowest BCUT2D eigenvalue weighted by Gasteiger charge is -2.20. The van der Waals surface area contributed by atoms with Gasteiger partial charge in [0.25, 0.3) is 5.91 Å². The maximum absolute atomic E-state index is 13.3. The van der Waals surface area contributed by atoms with Crippen LogP contribution >= 0.6 is 0 Å². The topological polar surface area (TPSA) is 32.3 Å². The van der Waals surface area contributed by atoms with E-state index in [-0.39, 0.29) is 5.91 Å². The molecule has 0 spiro atoms. The molecule has 1 aliphatic heterocycles. The van der Waals surface area contributed by atoms with E-state index in [2.05, 4.69) is 49.5 Å². The number of hydrogen-bond donors (Lipinski definition) is 1. The zero-order valence-corrected chi connectivity index (χ0v) is 15.4. The second-order valence-electron chi connectivity index (χ2n) is 7.16. The van der Waals surface area contributed by atoms with Crippen molar-refractivity contribution in [1.82, 2.24) is 0 Å². The number of carbonyl (C=O) groups is 1. The summed E-state index contributed by atoms with van der Waals surface area (Å²) >= 11 is 0. The van der Waals surface area contributed by atoms with Crippen LogP contribution in [0.15, 0.2) is 71.6 Å². The molecule has 0 unspecified atom stereocenters. The summed E-state index contributed by atoms with van der Waals surface area (Å²) in [7, 11) is 0. The van der Waals surface area contributed by atoms with Gasteiger partial charge in [0.05, 0.1) is 5.70 Å². The van der Waals surface area contributed by atoms with E-state index in [0.29, 0.717) is 0 Å². The lowest BCUT2D eigenvalue weighted by Crippen LogP contribution is -2.27. The van der Waals surface area contributed by atoms with E-state index in [0.717, 1.165) is 53.2 Å². The van der Waals surface area contributed by atoms with Gasteiger partial charge in [-0.3, -0.25) is 9.69 Å². The molecule has 0 fully saturated rings. The molecule has 3 heteroatoms. The molecule has 0 aromatic heterocycles. The minimum atomic E-state index is 0.0419. The molecule has 4 rings (SSSR count). The minimum absolute atomic E-state index is 0.0419. The van der Waals surface area contributed by atoms with Gasteiger partial charge in [-0.2, -0.15) is 0 Å². The standard InChI is InChI=1S/C23H24N2O/c1-16-8-6-10-18(14-16)24-22-20-12-4-3-5-13-21(20)25(23(22)26)19-11-7-9-17(2)15-19/h6-11,13-15,24H,3-5,12H2,1-2H3. The van der Waals surface area contributed by atoms with Gasteiger partial charge in [0.1, 0.15) is 5.70 Å². The summed E-state index contributed by atoms with van der Waals surface area (Å²) in [5, 5.41) is 3.42. The molecule has 0 bridgehead atoms. The minimum Gasteiger partial charge on any atom is -0.351 e. The van der Waals surface area contributed by atoms with Crippen LogP contribution in [0.1, 0.15) is 36.8 Å². The molecule has 0 radical (unpaired) electrons. The number of amides is 1. The van der Waals surface area contributed by atoms with Crippen LogP contribution in [-0.2, 0) is 4.79 Å². The summed E-state index contributed by atoms with van der Waals surface area (Å²) in [4.78, 5) is 15.2. The highest BCUT2D eigenvalue weighted by Crippen LogP contribution is 2.39. The van der Waals surface area contributed by atoms with Crippen molar-refractivity contribution in [3.05, 3.63) is 82.7 Å². The quantitative estimate of drug-likeness (QED) is 0.800. The van der Waals surface area contributed by atoms with Gasteiger partial charge < -0.3 is 5.32 Å². The largest absolute Gasteiger partial charge is 0.351 e. The van der Waals surface area contributed by atoms with E-state index in [4.69, 9.17) is 0 Å². The van der Waals surface area contributed by atoms with E-state index in [1.54, 1.807) is 0 Å². The molecule has 0 saturated carbocycles. The third kappa shape index (κ3) is 3.05. The van der Waals surface area contributed by atoms with Gasteiger partial charge in [-0.25, -0.2) is 0 Å². The van der Waals surface area contributed by atoms with Crippen molar-refractivity contribution in [2.75, 3.05) is 10.2 Å². The van der Waals surface area contributed by atoms with Crippen LogP contribution in [0.25, 0.3) is 0 Å². The number of hydrogen-bond acceptors (Lipinski definition) is 2. The Hall–Kier alpha value is -2.81. The van der Waals surface area contributed by atoms with Crippen LogP contribution in [0.2, 0.25) is 0 Å². The number of nitrogens with zero attached hydrogens (tertiary/aromatic N) is 1. The lowest BCUT2D eigenvalue weighted by atomic mass is 10.1. The molecule has 1 N–H and O–H groups in total. The van der Waals surface area contributed by atoms with Gasteiger partial charge in [0, 0.05) is 16.9 Å². The van der Waals surface area contributed by atoms with Crippen molar-refractivity contribution in [2.45, 2.75) is 39.5 Å². The maximum Gasteiger partial charge on any atom is 0.279 e. The molecule has 26 heavy (non-hydrogen) atoms. The summed E-state index contributed by atoms with van der Waals surface area (Å²) in [5.74, 6) is 0.0419. The van der Waals surface area contributed by atoms with E-state index in [9.17, 15) is 4.79 Å². The third-order valence-electron chi connectivity index (χ3n) is 5.03. The van der Waals surface area contributed by atoms with Crippen LogP contribution in [0.5, 0.6) is 0 Å². The molecule has 0 atom stereocenters. The molecule has 3 nitrogen and oxygen atoms in total. The molecule has 1 aliphatic carbocycles. The highest BCUT2D eigenvalue weighted by atomic mass is 16.2. The third-order valence-corrected chi connectivity index (χ3v) is 5.03. The van der Waals surface area contributed by atoms with Crippen molar-refractivity contribution in [1.29, 1.82) is 0 Å². The molecular formula is C23H24N2O. The normalized spacial score (nSPS) is 17.1. The van der Waals surface area contributed by atoms with Crippen molar-refractivity contribution < 1.29 is 4.79 Å². The van der Waals surface area contributed by atoms with Crippen molar-refractivity contribution >= 4 is 17.3 Å². The van der Waals surface area contributed by atoms with Crippen LogP contribution in [-0.4, -0.2) is 5.91 Å². The second-order valence-corrected chi connectivity index (χ2v) is 7.16. The second kappa shape index (κ2) is 6.83. The highest BCUT2D eigenvalue weighted by molar-refractivity contribution is 6.15. The van der Waals surface area contributed by atoms with E-state index >= 15 is 0 Å². The van der Waals surface area contributed by atoms with E-state index < -0.39 is 0 Å². The molecule has 132 valence electrons. The zero-order chi connectivity index (χ0) is 18.1. The lowest BCUT2D eigenvalue weighted by molar-refractivity contribution is -0.114. The number of carbonyl (C=O) groups excluding carboxylic acids is 1. The summed E-state index contributed by atoms with van der Waals surface area (Å²) in [6.07, 6.45) is 6.47. The fourth-order valence-corrected chi connectivity index (χ4v) is 3.79. The molecule has 2 aromatic rings. The number of nitrogens with one attached hydrogen (secondary N) is 1. The molecule has 0 saturated heterocycles. The maximum atomic E-state index is 13.3. The van der Waals surface area contributed by atoms with Crippen molar-refractivity contribution in [3.8, 4) is 0 Å². The number of rotatable bonds is 3. The smallest absolute Gasteiger partial charge is 0.279 e. The molecule has 2 aliphatic rings. The average molecular weight is 344 g/mol. The van der Waals surface area contributed by atoms with Gasteiger partial charge in [0.15, 0.2) is 0 Å². The first-order valence-corrected chi connectivity index (χ1v) is 9.32. The zero-order valence-electron chi connectivity index (χ0n) is 15.4. The summed E-state index contributed by atoms with van der Waals surface area (Å²) < 4.78 is 0. The Morgan fingerprint density at radius 1 is 0.962 bits per heavy atom. The summed E-state index contributed by atoms with van der Waals surface area (Å²) in [5.41, 5.74) is 7.19. The average Bonchev–Trinajstić information content (AvgIpc) is 2.77. The van der Waals surface area contributed by atoms with Gasteiger partial charge in [-0.05, 0) is 74.9 Å². The number of anilines is 2. The van der Waals surface area contributed by atoms with Crippen LogP contribution in [0, 0.1) is 13.8 Å². The Labute approximate surface area is 155 Å². The molecule has 1 heterocycles. The fourth-order valence-electron chi connectivity index (χ4n) is 3.79. The summed E-state index contributed by atoms with van der Waals surface area (Å²) in [6.45, 7) is 4.13. The predicted molar refractivity (Wildman–Crippen MR) is 107 cm³/mol. The van der Waals surface area contributed by atoms with Gasteiger partial charge in [-0.1, -0.05) is 30.3 Å². The Kier molecular flexibility index (Phi) is 4.37. The Morgan fingerprint density at radius 2 is 1.73 bits per heavy atom. The van der Waals surface area contributed by atoms with Crippen molar-refractivity contribution in [3.63, 3.8) is 0 Å². The van der Waals surface area contributed by atoms with E-state index in [1.807, 2.05) is 29.2 Å². The first-order valence-electron chi connectivity index (χ1n) is 9.32. The fraction of sp³-hybridized carbons (Fsp3) is 0.261. The monoisotopic (exact) mass is 344 g/mol. The highest BCUT2D eigenvalue weighted by Gasteiger charge is 2.36. The first-order chi connectivity index (χ1) is 12.6. The molecular weight excluding hydrogens is 320 g/mol. The van der Waals surface area contributed by atoms with Crippen molar-refractivity contribution in [2.24, 2.45) is 0 Å². The molecule has 1 amide bonds. The Bertz CT molecular complexity index is 923. The Morgan fingerprint density at radius 3 is 2.50 bits per heavy atom. The number of fused-ring (bicyclic) bond motifs is 1. The van der Waals surface area contributed by atoms with Crippen LogP contribution in [0.3, 0.4) is 0 Å². The van der Waals surface area contributed by atoms with Crippen LogP contribution < -0.4 is 10.2 Å². The SMILES string of the molecule is Cc1cccc(NC2=C3CCCCC=C3N(c3cccc(C)c3)C2=O)c1. The van der Waals surface area contributed by atoms with Crippen LogP contribution in [0.4, 0.5) is 11.4 Å². The first kappa shape index (κ1) is 16.6. The summed E-state index contributed by atoms with van der Waals surface area (Å²) in [6, 6.07) is 16.4. The Balaban J connectivity index is 1.77. The van der Waals surface area contributed by atoms with Gasteiger partial charge in [-0.15, -0.1) is 0 Å². The van der Waals surface area contributed by atoms with Gasteiger partial charge >= 0.3 is 0 Å². The number of benzene rings is 2.